The van der Waals surface area contributed by atoms with E-state index in [1.807, 2.05) is 24.4 Å². The molecule has 1 amide bonds. The number of halogens is 2. The van der Waals surface area contributed by atoms with Crippen molar-refractivity contribution in [1.29, 1.82) is 0 Å². The van der Waals surface area contributed by atoms with Crippen LogP contribution in [0.2, 0.25) is 5.02 Å². The highest BCUT2D eigenvalue weighted by molar-refractivity contribution is 6.31. The molecular formula is C18H25Cl2N3O. The van der Waals surface area contributed by atoms with Crippen LogP contribution < -0.4 is 10.6 Å². The molecule has 0 spiro atoms. The number of carbonyl (C=O) groups excluding carboxylic acids is 1. The molecule has 1 saturated heterocycles. The van der Waals surface area contributed by atoms with Crippen LogP contribution in [-0.4, -0.2) is 30.5 Å². The summed E-state index contributed by atoms with van der Waals surface area (Å²) in [5.74, 6) is 0.874. The van der Waals surface area contributed by atoms with Crippen molar-refractivity contribution in [3.05, 3.63) is 35.0 Å². The van der Waals surface area contributed by atoms with Crippen molar-refractivity contribution in [2.45, 2.75) is 32.1 Å². The number of nitrogens with one attached hydrogen (secondary N) is 3. The fraction of sp³-hybridized carbons (Fsp3) is 0.500. The molecule has 6 heteroatoms. The molecule has 132 valence electrons. The Morgan fingerprint density at radius 1 is 1.29 bits per heavy atom. The summed E-state index contributed by atoms with van der Waals surface area (Å²) < 4.78 is 0. The van der Waals surface area contributed by atoms with Gasteiger partial charge in [-0.3, -0.25) is 4.79 Å². The predicted octanol–water partition coefficient (Wildman–Crippen LogP) is 3.68. The number of rotatable bonds is 6. The van der Waals surface area contributed by atoms with E-state index < -0.39 is 0 Å². The molecule has 2 heterocycles. The Balaban J connectivity index is 0.00000208. The van der Waals surface area contributed by atoms with E-state index in [1.54, 1.807) is 0 Å². The van der Waals surface area contributed by atoms with Crippen LogP contribution in [-0.2, 0) is 11.2 Å². The normalized spacial score (nSPS) is 15.2. The van der Waals surface area contributed by atoms with Crippen molar-refractivity contribution in [1.82, 2.24) is 15.6 Å². The monoisotopic (exact) mass is 369 g/mol. The first kappa shape index (κ1) is 19.1. The molecule has 4 nitrogen and oxygen atoms in total. The van der Waals surface area contributed by atoms with Crippen LogP contribution in [0.15, 0.2) is 24.4 Å². The molecule has 3 rings (SSSR count). The van der Waals surface area contributed by atoms with Crippen LogP contribution in [0.5, 0.6) is 0 Å². The van der Waals surface area contributed by atoms with Gasteiger partial charge in [-0.25, -0.2) is 0 Å². The SMILES string of the molecule is Cl.O=C(CCC1CCNCC1)NCCc1c[nH]c2ccc(Cl)cc12. The zero-order valence-corrected chi connectivity index (χ0v) is 15.3. The van der Waals surface area contributed by atoms with Crippen molar-refractivity contribution >= 4 is 40.8 Å². The Morgan fingerprint density at radius 3 is 2.88 bits per heavy atom. The van der Waals surface area contributed by atoms with Gasteiger partial charge in [0.05, 0.1) is 0 Å². The molecule has 0 radical (unpaired) electrons. The number of piperidine rings is 1. The Bertz CT molecular complexity index is 665. The van der Waals surface area contributed by atoms with Crippen molar-refractivity contribution in [2.24, 2.45) is 5.92 Å². The highest BCUT2D eigenvalue weighted by atomic mass is 35.5. The number of benzene rings is 1. The highest BCUT2D eigenvalue weighted by Crippen LogP contribution is 2.22. The molecule has 1 fully saturated rings. The van der Waals surface area contributed by atoms with E-state index in [0.29, 0.717) is 18.9 Å². The standard InChI is InChI=1S/C18H24ClN3O.ClH/c19-15-2-3-17-16(11-15)14(12-22-17)7-10-21-18(23)4-1-13-5-8-20-9-6-13;/h2-3,11-13,20,22H,1,4-10H2,(H,21,23);1H. The molecule has 0 saturated carbocycles. The quantitative estimate of drug-likeness (QED) is 0.727. The number of fused-ring (bicyclic) bond motifs is 1. The van der Waals surface area contributed by atoms with E-state index in [1.165, 1.54) is 18.4 Å². The third-order valence-corrected chi connectivity index (χ3v) is 4.92. The summed E-state index contributed by atoms with van der Waals surface area (Å²) >= 11 is 6.06. The average molecular weight is 370 g/mol. The van der Waals surface area contributed by atoms with Gasteiger partial charge in [0.15, 0.2) is 0 Å². The van der Waals surface area contributed by atoms with E-state index in [4.69, 9.17) is 11.6 Å². The third kappa shape index (κ3) is 5.13. The maximum Gasteiger partial charge on any atom is 0.220 e. The molecule has 0 unspecified atom stereocenters. The van der Waals surface area contributed by atoms with Gasteiger partial charge in [0.1, 0.15) is 0 Å². The van der Waals surface area contributed by atoms with Crippen LogP contribution >= 0.6 is 24.0 Å². The van der Waals surface area contributed by atoms with Gasteiger partial charge in [-0.05, 0) is 68.5 Å². The molecule has 2 aromatic rings. The van der Waals surface area contributed by atoms with Gasteiger partial charge in [0, 0.05) is 35.1 Å². The number of hydrogen-bond acceptors (Lipinski definition) is 2. The zero-order valence-electron chi connectivity index (χ0n) is 13.7. The molecule has 1 aliphatic heterocycles. The lowest BCUT2D eigenvalue weighted by Gasteiger charge is -2.22. The van der Waals surface area contributed by atoms with Gasteiger partial charge < -0.3 is 15.6 Å². The van der Waals surface area contributed by atoms with Crippen LogP contribution in [0.25, 0.3) is 10.9 Å². The maximum atomic E-state index is 12.0. The number of aromatic amines is 1. The Kier molecular flexibility index (Phi) is 7.40. The summed E-state index contributed by atoms with van der Waals surface area (Å²) in [5, 5.41) is 8.28. The van der Waals surface area contributed by atoms with Gasteiger partial charge in [0.25, 0.3) is 0 Å². The van der Waals surface area contributed by atoms with E-state index in [2.05, 4.69) is 15.6 Å². The second-order valence-electron chi connectivity index (χ2n) is 6.34. The average Bonchev–Trinajstić information content (AvgIpc) is 2.96. The second kappa shape index (κ2) is 9.30. The van der Waals surface area contributed by atoms with Crippen LogP contribution in [0.3, 0.4) is 0 Å². The summed E-state index contributed by atoms with van der Waals surface area (Å²) in [4.78, 5) is 15.2. The number of carbonyl (C=O) groups is 1. The summed E-state index contributed by atoms with van der Waals surface area (Å²) in [5.41, 5.74) is 2.28. The Morgan fingerprint density at radius 2 is 2.08 bits per heavy atom. The van der Waals surface area contributed by atoms with Gasteiger partial charge in [0.2, 0.25) is 5.91 Å². The molecule has 1 aromatic heterocycles. The minimum atomic E-state index is 0. The smallest absolute Gasteiger partial charge is 0.220 e. The van der Waals surface area contributed by atoms with Crippen molar-refractivity contribution < 1.29 is 4.79 Å². The van der Waals surface area contributed by atoms with Crippen molar-refractivity contribution in [3.63, 3.8) is 0 Å². The maximum absolute atomic E-state index is 12.0. The Labute approximate surface area is 154 Å². The fourth-order valence-electron chi connectivity index (χ4n) is 3.29. The van der Waals surface area contributed by atoms with Crippen molar-refractivity contribution in [3.8, 4) is 0 Å². The number of amides is 1. The van der Waals surface area contributed by atoms with Crippen molar-refractivity contribution in [2.75, 3.05) is 19.6 Å². The van der Waals surface area contributed by atoms with Crippen LogP contribution in [0, 0.1) is 5.92 Å². The molecule has 0 bridgehead atoms. The van der Waals surface area contributed by atoms with E-state index in [9.17, 15) is 4.79 Å². The lowest BCUT2D eigenvalue weighted by Crippen LogP contribution is -2.30. The summed E-state index contributed by atoms with van der Waals surface area (Å²) in [7, 11) is 0. The van der Waals surface area contributed by atoms with Gasteiger partial charge in [-0.1, -0.05) is 11.6 Å². The van der Waals surface area contributed by atoms with Gasteiger partial charge in [-0.15, -0.1) is 12.4 Å². The van der Waals surface area contributed by atoms with Crippen LogP contribution in [0.4, 0.5) is 0 Å². The summed E-state index contributed by atoms with van der Waals surface area (Å²) in [6.45, 7) is 2.86. The predicted molar refractivity (Wildman–Crippen MR) is 102 cm³/mol. The first-order valence-corrected chi connectivity index (χ1v) is 8.83. The molecule has 0 atom stereocenters. The summed E-state index contributed by atoms with van der Waals surface area (Å²) in [6.07, 6.45) is 6.87. The minimum absolute atomic E-state index is 0. The minimum Gasteiger partial charge on any atom is -0.361 e. The molecule has 3 N–H and O–H groups in total. The molecule has 1 aromatic carbocycles. The number of hydrogen-bond donors (Lipinski definition) is 3. The fourth-order valence-corrected chi connectivity index (χ4v) is 3.46. The summed E-state index contributed by atoms with van der Waals surface area (Å²) in [6, 6.07) is 5.84. The molecule has 24 heavy (non-hydrogen) atoms. The first-order valence-electron chi connectivity index (χ1n) is 8.45. The molecular weight excluding hydrogens is 345 g/mol. The molecule has 0 aliphatic carbocycles. The zero-order chi connectivity index (χ0) is 16.1. The van der Waals surface area contributed by atoms with E-state index in [0.717, 1.165) is 41.9 Å². The number of H-pyrrole nitrogens is 1. The largest absolute Gasteiger partial charge is 0.361 e. The van der Waals surface area contributed by atoms with E-state index in [-0.39, 0.29) is 18.3 Å². The third-order valence-electron chi connectivity index (χ3n) is 4.68. The topological polar surface area (TPSA) is 56.9 Å². The lowest BCUT2D eigenvalue weighted by molar-refractivity contribution is -0.121. The lowest BCUT2D eigenvalue weighted by atomic mass is 9.93. The first-order chi connectivity index (χ1) is 11.2. The van der Waals surface area contributed by atoms with Gasteiger partial charge >= 0.3 is 0 Å². The highest BCUT2D eigenvalue weighted by Gasteiger charge is 2.14. The molecule has 1 aliphatic rings. The second-order valence-corrected chi connectivity index (χ2v) is 6.77. The number of aromatic nitrogens is 1. The Hall–Kier alpha value is -1.23. The van der Waals surface area contributed by atoms with E-state index >= 15 is 0 Å². The van der Waals surface area contributed by atoms with Crippen LogP contribution in [0.1, 0.15) is 31.2 Å². The van der Waals surface area contributed by atoms with Gasteiger partial charge in [-0.2, -0.15) is 0 Å².